The maximum atomic E-state index is 11.5. The van der Waals surface area contributed by atoms with Crippen LogP contribution in [0.1, 0.15) is 10.4 Å². The van der Waals surface area contributed by atoms with Crippen LogP contribution in [-0.2, 0) is 4.65 Å². The number of carbonyl (C=O) groups excluding carboxylic acids is 1. The molecule has 15 heavy (non-hydrogen) atoms. The third-order valence-corrected chi connectivity index (χ3v) is 2.39. The lowest BCUT2D eigenvalue weighted by molar-refractivity contribution is 0.0935. The monoisotopic (exact) mass is 228 g/mol. The predicted molar refractivity (Wildman–Crippen MR) is 54.0 cm³/mol. The van der Waals surface area contributed by atoms with E-state index in [2.05, 4.69) is 9.97 Å². The molecule has 1 aliphatic heterocycles. The molecule has 0 aliphatic carbocycles. The van der Waals surface area contributed by atoms with Gasteiger partial charge in [0.05, 0.1) is 10.6 Å². The van der Waals surface area contributed by atoms with Crippen molar-refractivity contribution in [3.8, 4) is 0 Å². The van der Waals surface area contributed by atoms with Crippen LogP contribution in [0.2, 0.25) is 5.02 Å². The van der Waals surface area contributed by atoms with Crippen molar-refractivity contribution in [2.45, 2.75) is 6.13 Å². The molecule has 0 aromatic heterocycles. The van der Waals surface area contributed by atoms with E-state index >= 15 is 0 Å². The highest BCUT2D eigenvalue weighted by atomic mass is 35.5. The van der Waals surface area contributed by atoms with Crippen molar-refractivity contribution in [3.05, 3.63) is 34.9 Å². The van der Waals surface area contributed by atoms with E-state index in [1.807, 2.05) is 0 Å². The summed E-state index contributed by atoms with van der Waals surface area (Å²) in [7, 11) is 0. The Morgan fingerprint density at radius 3 is 2.60 bits per heavy atom. The molecule has 0 radical (unpaired) electrons. The molecule has 80 valence electrons. The molecule has 0 unspecified atom stereocenters. The van der Waals surface area contributed by atoms with Gasteiger partial charge in [0.15, 0.2) is 0 Å². The Labute approximate surface area is 90.6 Å². The van der Waals surface area contributed by atoms with Crippen molar-refractivity contribution in [1.29, 1.82) is 0 Å². The van der Waals surface area contributed by atoms with Gasteiger partial charge >= 0.3 is 6.75 Å². The number of benzene rings is 1. The molecular formula is C8H8BClNO4-. The lowest BCUT2D eigenvalue weighted by atomic mass is 9.90. The van der Waals surface area contributed by atoms with Gasteiger partial charge in [0, 0.05) is 6.13 Å². The summed E-state index contributed by atoms with van der Waals surface area (Å²) in [6.45, 7) is -2.85. The fourth-order valence-electron chi connectivity index (χ4n) is 1.17. The molecule has 1 saturated heterocycles. The van der Waals surface area contributed by atoms with Crippen LogP contribution in [0.25, 0.3) is 0 Å². The van der Waals surface area contributed by atoms with E-state index in [4.69, 9.17) is 21.6 Å². The first kappa shape index (κ1) is 10.4. The summed E-state index contributed by atoms with van der Waals surface area (Å²) in [4.78, 5) is 11.5. The summed E-state index contributed by atoms with van der Waals surface area (Å²) in [6, 6.07) is 6.45. The smallest absolute Gasteiger partial charge is 0.416 e. The molecule has 1 aromatic carbocycles. The van der Waals surface area contributed by atoms with E-state index < -0.39 is 18.8 Å². The van der Waals surface area contributed by atoms with Crippen molar-refractivity contribution >= 4 is 24.3 Å². The van der Waals surface area contributed by atoms with E-state index in [0.717, 1.165) is 0 Å². The van der Waals surface area contributed by atoms with Gasteiger partial charge in [-0.3, -0.25) is 4.79 Å². The van der Waals surface area contributed by atoms with Gasteiger partial charge in [0.1, 0.15) is 0 Å². The van der Waals surface area contributed by atoms with Gasteiger partial charge in [-0.25, -0.2) is 0 Å². The normalized spacial score (nSPS) is 22.2. The molecule has 1 atom stereocenters. The summed E-state index contributed by atoms with van der Waals surface area (Å²) in [5.74, 6) is -0.502. The van der Waals surface area contributed by atoms with E-state index in [1.165, 1.54) is 6.07 Å². The molecule has 1 aliphatic rings. The third kappa shape index (κ3) is 2.13. The molecule has 2 rings (SSSR count). The van der Waals surface area contributed by atoms with Gasteiger partial charge in [-0.1, -0.05) is 23.7 Å². The Kier molecular flexibility index (Phi) is 2.43. The van der Waals surface area contributed by atoms with Crippen LogP contribution in [0.5, 0.6) is 0 Å². The first-order valence-electron chi connectivity index (χ1n) is 4.33. The average molecular weight is 228 g/mol. The summed E-state index contributed by atoms with van der Waals surface area (Å²) in [5, 5.41) is 20.4. The van der Waals surface area contributed by atoms with Crippen LogP contribution in [0.3, 0.4) is 0 Å². The van der Waals surface area contributed by atoms with Crippen LogP contribution in [0.15, 0.2) is 24.3 Å². The van der Waals surface area contributed by atoms with E-state index in [9.17, 15) is 4.79 Å². The fourth-order valence-corrected chi connectivity index (χ4v) is 1.39. The second kappa shape index (κ2) is 3.50. The largest absolute Gasteiger partial charge is 0.557 e. The van der Waals surface area contributed by atoms with E-state index in [1.54, 1.807) is 18.2 Å². The molecule has 1 aromatic rings. The molecule has 7 heteroatoms. The second-order valence-electron chi connectivity index (χ2n) is 3.27. The lowest BCUT2D eigenvalue weighted by Gasteiger charge is -2.06. The molecule has 3 N–H and O–H groups in total. The third-order valence-electron chi connectivity index (χ3n) is 2.06. The zero-order valence-electron chi connectivity index (χ0n) is 7.55. The SMILES string of the molecule is O=C(N[C@@H]1O[B-]1(O)O)c1ccccc1Cl. The van der Waals surface area contributed by atoms with Gasteiger partial charge < -0.3 is 20.0 Å². The van der Waals surface area contributed by atoms with Crippen molar-refractivity contribution in [3.63, 3.8) is 0 Å². The van der Waals surface area contributed by atoms with Gasteiger partial charge in [-0.15, -0.1) is 0 Å². The Balaban J connectivity index is 2.06. The standard InChI is InChI=1S/C8H8BClNO4/c10-6-4-2-1-3-5(6)7(12)11-8-9(13,14)15-8/h1-4,8,13-14H,(H,11,12)/q-1/t8-/m1/s1. The Morgan fingerprint density at radius 1 is 1.47 bits per heavy atom. The van der Waals surface area contributed by atoms with Crippen LogP contribution < -0.4 is 5.32 Å². The second-order valence-corrected chi connectivity index (χ2v) is 3.68. The highest BCUT2D eigenvalue weighted by Crippen LogP contribution is 2.23. The van der Waals surface area contributed by atoms with Crippen molar-refractivity contribution in [2.24, 2.45) is 0 Å². The molecule has 0 spiro atoms. The van der Waals surface area contributed by atoms with Crippen molar-refractivity contribution < 1.29 is 19.5 Å². The zero-order valence-corrected chi connectivity index (χ0v) is 8.31. The predicted octanol–water partition coefficient (Wildman–Crippen LogP) is -0.111. The molecule has 1 amide bonds. The molecular weight excluding hydrogens is 220 g/mol. The Bertz CT molecular complexity index is 411. The molecule has 0 saturated carbocycles. The minimum absolute atomic E-state index is 0.265. The minimum atomic E-state index is -2.85. The van der Waals surface area contributed by atoms with Crippen LogP contribution >= 0.6 is 11.6 Å². The van der Waals surface area contributed by atoms with Crippen molar-refractivity contribution in [2.75, 3.05) is 0 Å². The van der Waals surface area contributed by atoms with Gasteiger partial charge in [-0.05, 0) is 12.1 Å². The quantitative estimate of drug-likeness (QED) is 0.487. The van der Waals surface area contributed by atoms with Gasteiger partial charge in [0.25, 0.3) is 5.91 Å². The van der Waals surface area contributed by atoms with Crippen molar-refractivity contribution in [1.82, 2.24) is 5.32 Å². The lowest BCUT2D eigenvalue weighted by Crippen LogP contribution is -2.35. The number of carbonyl (C=O) groups is 1. The Hall–Kier alpha value is -1.08. The number of halogens is 1. The Morgan fingerprint density at radius 2 is 2.07 bits per heavy atom. The maximum absolute atomic E-state index is 11.5. The average Bonchev–Trinajstić information content (AvgIpc) is 2.74. The number of hydrogen-bond donors (Lipinski definition) is 3. The number of rotatable bonds is 2. The maximum Gasteiger partial charge on any atom is 0.416 e. The molecule has 0 bridgehead atoms. The van der Waals surface area contributed by atoms with Crippen LogP contribution in [0.4, 0.5) is 0 Å². The summed E-state index contributed by atoms with van der Waals surface area (Å²) >= 11 is 5.77. The van der Waals surface area contributed by atoms with E-state index in [-0.39, 0.29) is 5.56 Å². The van der Waals surface area contributed by atoms with Crippen LogP contribution in [-0.4, -0.2) is 28.8 Å². The molecule has 5 nitrogen and oxygen atoms in total. The summed E-state index contributed by atoms with van der Waals surface area (Å²) in [5.41, 5.74) is 0.265. The highest BCUT2D eigenvalue weighted by Gasteiger charge is 2.48. The summed E-state index contributed by atoms with van der Waals surface area (Å²) < 4.78 is 4.43. The topological polar surface area (TPSA) is 82.1 Å². The van der Waals surface area contributed by atoms with Gasteiger partial charge in [0.2, 0.25) is 0 Å². The van der Waals surface area contributed by atoms with Crippen LogP contribution in [0, 0.1) is 0 Å². The summed E-state index contributed by atoms with van der Waals surface area (Å²) in [6.07, 6.45) is -1.03. The molecule has 1 heterocycles. The highest BCUT2D eigenvalue weighted by molar-refractivity contribution is 6.67. The first-order chi connectivity index (χ1) is 7.00. The fraction of sp³-hybridized carbons (Fsp3) is 0.125. The van der Waals surface area contributed by atoms with E-state index in [0.29, 0.717) is 5.02 Å². The minimum Gasteiger partial charge on any atom is -0.557 e. The number of hydrogen-bond acceptors (Lipinski definition) is 4. The first-order valence-corrected chi connectivity index (χ1v) is 4.71. The van der Waals surface area contributed by atoms with Gasteiger partial charge in [-0.2, -0.15) is 0 Å². The number of amides is 1. The number of nitrogens with one attached hydrogen (secondary N) is 1. The molecule has 1 fully saturated rings. The zero-order chi connectivity index (χ0) is 11.1.